The van der Waals surface area contributed by atoms with Crippen molar-refractivity contribution in [3.63, 3.8) is 0 Å². The Morgan fingerprint density at radius 1 is 1.33 bits per heavy atom. The number of amides is 2. The van der Waals surface area contributed by atoms with E-state index in [-0.39, 0.29) is 17.9 Å². The van der Waals surface area contributed by atoms with Gasteiger partial charge in [0.25, 0.3) is 0 Å². The normalized spacial score (nSPS) is 29.8. The first-order valence-electron chi connectivity index (χ1n) is 8.06. The number of ether oxygens (including phenoxy) is 1. The molecule has 2 fully saturated rings. The number of carbonyl (C=O) groups is 2. The van der Waals surface area contributed by atoms with Crippen LogP contribution in [0.2, 0.25) is 0 Å². The maximum absolute atomic E-state index is 13.1. The van der Waals surface area contributed by atoms with Crippen LogP contribution in [0.5, 0.6) is 0 Å². The van der Waals surface area contributed by atoms with Gasteiger partial charge in [0.05, 0.1) is 0 Å². The predicted octanol–water partition coefficient (Wildman–Crippen LogP) is 1.85. The van der Waals surface area contributed by atoms with Crippen molar-refractivity contribution in [2.75, 3.05) is 13.7 Å². The summed E-state index contributed by atoms with van der Waals surface area (Å²) >= 11 is 0. The molecule has 0 radical (unpaired) electrons. The van der Waals surface area contributed by atoms with Gasteiger partial charge in [-0.25, -0.2) is 0 Å². The van der Waals surface area contributed by atoms with E-state index in [9.17, 15) is 9.59 Å². The monoisotopic (exact) mass is 296 g/mol. The first kappa shape index (κ1) is 16.3. The van der Waals surface area contributed by atoms with Crippen LogP contribution in [0.3, 0.4) is 0 Å². The van der Waals surface area contributed by atoms with E-state index in [0.29, 0.717) is 13.0 Å². The molecule has 2 atom stereocenters. The number of methoxy groups -OCH3 is 1. The number of nitrogens with one attached hydrogen (secondary N) is 1. The summed E-state index contributed by atoms with van der Waals surface area (Å²) in [7, 11) is 1.66. The molecule has 2 aliphatic rings. The molecule has 0 aromatic carbocycles. The van der Waals surface area contributed by atoms with Gasteiger partial charge in [-0.2, -0.15) is 0 Å². The van der Waals surface area contributed by atoms with Crippen molar-refractivity contribution in [1.29, 1.82) is 0 Å². The number of carbonyl (C=O) groups excluding carboxylic acids is 2. The van der Waals surface area contributed by atoms with Gasteiger partial charge in [-0.05, 0) is 39.5 Å². The molecule has 1 aliphatic carbocycles. The highest BCUT2D eigenvalue weighted by Crippen LogP contribution is 2.39. The summed E-state index contributed by atoms with van der Waals surface area (Å²) in [5.74, 6) is 0.100. The van der Waals surface area contributed by atoms with Gasteiger partial charge in [0.1, 0.15) is 11.1 Å². The molecule has 2 amide bonds. The third kappa shape index (κ3) is 2.56. The van der Waals surface area contributed by atoms with E-state index in [1.54, 1.807) is 7.11 Å². The standard InChI is InChI=1S/C16H28N2O3/c1-5-15(3)13(19)17-16(9-6-7-10-16)14(20)18(15)12(2)8-11-21-4/h12H,5-11H2,1-4H3,(H,17,19). The lowest BCUT2D eigenvalue weighted by Crippen LogP contribution is -2.75. The van der Waals surface area contributed by atoms with Gasteiger partial charge in [0.2, 0.25) is 11.8 Å². The lowest BCUT2D eigenvalue weighted by Gasteiger charge is -2.52. The number of hydrogen-bond acceptors (Lipinski definition) is 3. The number of piperazine rings is 1. The summed E-state index contributed by atoms with van der Waals surface area (Å²) in [5.41, 5.74) is -1.40. The maximum atomic E-state index is 13.1. The van der Waals surface area contributed by atoms with Gasteiger partial charge in [0.15, 0.2) is 0 Å². The summed E-state index contributed by atoms with van der Waals surface area (Å²) in [6.07, 6.45) is 4.93. The fourth-order valence-corrected chi connectivity index (χ4v) is 3.72. The molecule has 1 spiro atoms. The Balaban J connectivity index is 2.33. The Morgan fingerprint density at radius 3 is 2.48 bits per heavy atom. The summed E-state index contributed by atoms with van der Waals surface area (Å²) in [5, 5.41) is 3.06. The van der Waals surface area contributed by atoms with Crippen LogP contribution in [0.1, 0.15) is 59.3 Å². The molecule has 1 N–H and O–H groups in total. The van der Waals surface area contributed by atoms with Gasteiger partial charge < -0.3 is 15.0 Å². The van der Waals surface area contributed by atoms with Crippen molar-refractivity contribution >= 4 is 11.8 Å². The van der Waals surface area contributed by atoms with Gasteiger partial charge >= 0.3 is 0 Å². The Bertz CT molecular complexity index is 418. The molecule has 2 unspecified atom stereocenters. The van der Waals surface area contributed by atoms with E-state index in [1.807, 2.05) is 25.7 Å². The van der Waals surface area contributed by atoms with E-state index in [1.165, 1.54) is 0 Å². The number of rotatable bonds is 5. The first-order valence-corrected chi connectivity index (χ1v) is 8.06. The summed E-state index contributed by atoms with van der Waals surface area (Å²) in [6, 6.07) is 0.00549. The molecule has 0 aromatic rings. The molecule has 0 bridgehead atoms. The van der Waals surface area contributed by atoms with Crippen molar-refractivity contribution in [2.45, 2.75) is 76.4 Å². The van der Waals surface area contributed by atoms with Gasteiger partial charge in [-0.15, -0.1) is 0 Å². The van der Waals surface area contributed by atoms with Crippen LogP contribution < -0.4 is 5.32 Å². The largest absolute Gasteiger partial charge is 0.385 e. The highest BCUT2D eigenvalue weighted by molar-refractivity contribution is 6.02. The van der Waals surface area contributed by atoms with Gasteiger partial charge in [0, 0.05) is 19.8 Å². The van der Waals surface area contributed by atoms with Crippen LogP contribution in [0.25, 0.3) is 0 Å². The third-order valence-electron chi connectivity index (χ3n) is 5.33. The molecule has 0 aromatic heterocycles. The molecule has 1 saturated carbocycles. The summed E-state index contributed by atoms with van der Waals surface area (Å²) in [4.78, 5) is 27.7. The average Bonchev–Trinajstić information content (AvgIpc) is 2.93. The zero-order valence-corrected chi connectivity index (χ0v) is 13.7. The number of nitrogens with zero attached hydrogens (tertiary/aromatic N) is 1. The number of hydrogen-bond donors (Lipinski definition) is 1. The SMILES string of the molecule is CCC1(C)C(=O)NC2(CCCC2)C(=O)N1C(C)CCOC. The lowest BCUT2D eigenvalue weighted by molar-refractivity contribution is -0.166. The Labute approximate surface area is 127 Å². The summed E-state index contributed by atoms with van der Waals surface area (Å²) < 4.78 is 5.15. The minimum atomic E-state index is -0.752. The average molecular weight is 296 g/mol. The Kier molecular flexibility index (Phi) is 4.61. The zero-order chi connectivity index (χ0) is 15.7. The van der Waals surface area contributed by atoms with Crippen molar-refractivity contribution in [3.05, 3.63) is 0 Å². The molecule has 120 valence electrons. The topological polar surface area (TPSA) is 58.6 Å². The second kappa shape index (κ2) is 5.95. The molecular formula is C16H28N2O3. The molecule has 2 rings (SSSR count). The van der Waals surface area contributed by atoms with Crippen LogP contribution >= 0.6 is 0 Å². The first-order chi connectivity index (χ1) is 9.91. The van der Waals surface area contributed by atoms with Crippen LogP contribution in [-0.2, 0) is 14.3 Å². The quantitative estimate of drug-likeness (QED) is 0.842. The molecule has 21 heavy (non-hydrogen) atoms. The summed E-state index contributed by atoms with van der Waals surface area (Å²) in [6.45, 7) is 6.46. The van der Waals surface area contributed by atoms with Crippen LogP contribution in [0.4, 0.5) is 0 Å². The van der Waals surface area contributed by atoms with E-state index in [2.05, 4.69) is 5.32 Å². The minimum absolute atomic E-state index is 0.00392. The molecular weight excluding hydrogens is 268 g/mol. The smallest absolute Gasteiger partial charge is 0.249 e. The Morgan fingerprint density at radius 2 is 1.95 bits per heavy atom. The van der Waals surface area contributed by atoms with Crippen molar-refractivity contribution in [3.8, 4) is 0 Å². The van der Waals surface area contributed by atoms with Gasteiger partial charge in [-0.3, -0.25) is 9.59 Å². The molecule has 1 heterocycles. The fraction of sp³-hybridized carbons (Fsp3) is 0.875. The fourth-order valence-electron chi connectivity index (χ4n) is 3.72. The lowest BCUT2D eigenvalue weighted by atomic mass is 9.82. The van der Waals surface area contributed by atoms with E-state index >= 15 is 0 Å². The molecule has 5 heteroatoms. The maximum Gasteiger partial charge on any atom is 0.249 e. The highest BCUT2D eigenvalue weighted by atomic mass is 16.5. The second-order valence-electron chi connectivity index (χ2n) is 6.68. The highest BCUT2D eigenvalue weighted by Gasteiger charge is 2.57. The Hall–Kier alpha value is -1.10. The van der Waals surface area contributed by atoms with Crippen LogP contribution in [-0.4, -0.2) is 47.6 Å². The van der Waals surface area contributed by atoms with E-state index < -0.39 is 11.1 Å². The van der Waals surface area contributed by atoms with Crippen molar-refractivity contribution in [2.24, 2.45) is 0 Å². The molecule has 1 saturated heterocycles. The second-order valence-corrected chi connectivity index (χ2v) is 6.68. The van der Waals surface area contributed by atoms with Crippen molar-refractivity contribution in [1.82, 2.24) is 10.2 Å². The third-order valence-corrected chi connectivity index (χ3v) is 5.33. The van der Waals surface area contributed by atoms with Crippen LogP contribution in [0, 0.1) is 0 Å². The van der Waals surface area contributed by atoms with Crippen molar-refractivity contribution < 1.29 is 14.3 Å². The zero-order valence-electron chi connectivity index (χ0n) is 13.7. The minimum Gasteiger partial charge on any atom is -0.385 e. The predicted molar refractivity (Wildman–Crippen MR) is 80.8 cm³/mol. The van der Waals surface area contributed by atoms with E-state index in [4.69, 9.17) is 4.74 Å². The van der Waals surface area contributed by atoms with E-state index in [0.717, 1.165) is 32.1 Å². The molecule has 1 aliphatic heterocycles. The van der Waals surface area contributed by atoms with Gasteiger partial charge in [-0.1, -0.05) is 19.8 Å². The van der Waals surface area contributed by atoms with Crippen LogP contribution in [0.15, 0.2) is 0 Å². The molecule has 5 nitrogen and oxygen atoms in total.